The minimum atomic E-state index is -0.518. The molecule has 17 heavy (non-hydrogen) atoms. The summed E-state index contributed by atoms with van der Waals surface area (Å²) in [7, 11) is 0. The van der Waals surface area contributed by atoms with Gasteiger partial charge < -0.3 is 17.2 Å². The van der Waals surface area contributed by atoms with Crippen LogP contribution in [0.15, 0.2) is 42.5 Å². The van der Waals surface area contributed by atoms with Gasteiger partial charge in [-0.25, -0.2) is 0 Å². The average Bonchev–Trinajstić information content (AvgIpc) is 2.30. The molecule has 2 aromatic carbocycles. The van der Waals surface area contributed by atoms with E-state index in [2.05, 4.69) is 0 Å². The maximum absolute atomic E-state index is 11.4. The third kappa shape index (κ3) is 1.92. The van der Waals surface area contributed by atoms with E-state index in [9.17, 15) is 4.79 Å². The molecule has 4 nitrogen and oxygen atoms in total. The topological polar surface area (TPSA) is 95.1 Å². The molecule has 2 aromatic rings. The number of para-hydroxylation sites is 1. The molecule has 0 bridgehead atoms. The third-order valence-corrected chi connectivity index (χ3v) is 2.59. The second-order valence-electron chi connectivity index (χ2n) is 3.72. The second-order valence-corrected chi connectivity index (χ2v) is 3.72. The summed E-state index contributed by atoms with van der Waals surface area (Å²) in [5.41, 5.74) is 19.9. The van der Waals surface area contributed by atoms with Gasteiger partial charge in [0.15, 0.2) is 0 Å². The summed E-state index contributed by atoms with van der Waals surface area (Å²) in [4.78, 5) is 11.4. The van der Waals surface area contributed by atoms with Crippen molar-refractivity contribution in [3.05, 3.63) is 48.0 Å². The van der Waals surface area contributed by atoms with Crippen molar-refractivity contribution < 1.29 is 4.79 Å². The highest BCUT2D eigenvalue weighted by molar-refractivity contribution is 6.04. The van der Waals surface area contributed by atoms with E-state index < -0.39 is 5.91 Å². The first-order valence-electron chi connectivity index (χ1n) is 5.14. The normalized spacial score (nSPS) is 10.1. The lowest BCUT2D eigenvalue weighted by molar-refractivity contribution is 0.100. The van der Waals surface area contributed by atoms with Crippen LogP contribution in [0.4, 0.5) is 11.4 Å². The number of benzene rings is 2. The van der Waals surface area contributed by atoms with Gasteiger partial charge in [0.2, 0.25) is 5.91 Å². The lowest BCUT2D eigenvalue weighted by Gasteiger charge is -2.12. The van der Waals surface area contributed by atoms with Crippen LogP contribution in [0.3, 0.4) is 0 Å². The molecule has 2 rings (SSSR count). The molecule has 0 atom stereocenters. The molecule has 0 fully saturated rings. The van der Waals surface area contributed by atoms with Gasteiger partial charge in [0.25, 0.3) is 0 Å². The van der Waals surface area contributed by atoms with Gasteiger partial charge in [0, 0.05) is 28.1 Å². The molecule has 1 amide bonds. The summed E-state index contributed by atoms with van der Waals surface area (Å²) in [6.45, 7) is 0. The summed E-state index contributed by atoms with van der Waals surface area (Å²) < 4.78 is 0. The smallest absolute Gasteiger partial charge is 0.249 e. The Balaban J connectivity index is 2.75. The highest BCUT2D eigenvalue weighted by Gasteiger charge is 2.14. The van der Waals surface area contributed by atoms with Crippen LogP contribution in [0.1, 0.15) is 10.4 Å². The first-order valence-corrected chi connectivity index (χ1v) is 5.14. The van der Waals surface area contributed by atoms with Crippen molar-refractivity contribution in [2.45, 2.75) is 0 Å². The average molecular weight is 227 g/mol. The molecule has 0 aromatic heterocycles. The molecule has 4 heteroatoms. The summed E-state index contributed by atoms with van der Waals surface area (Å²) in [5.74, 6) is -0.518. The SMILES string of the molecule is NC(=O)c1cccc(N)c1-c1ccccc1N. The van der Waals surface area contributed by atoms with Crippen LogP contribution >= 0.6 is 0 Å². The van der Waals surface area contributed by atoms with E-state index in [1.807, 2.05) is 18.2 Å². The Morgan fingerprint density at radius 2 is 1.53 bits per heavy atom. The number of nitrogen functional groups attached to an aromatic ring is 2. The zero-order valence-electron chi connectivity index (χ0n) is 9.18. The lowest BCUT2D eigenvalue weighted by atomic mass is 9.96. The van der Waals surface area contributed by atoms with Crippen molar-refractivity contribution in [1.82, 2.24) is 0 Å². The number of hydrogen-bond donors (Lipinski definition) is 3. The monoisotopic (exact) mass is 227 g/mol. The first kappa shape index (κ1) is 11.0. The van der Waals surface area contributed by atoms with E-state index in [4.69, 9.17) is 17.2 Å². The Hall–Kier alpha value is -2.49. The Kier molecular flexibility index (Phi) is 2.70. The number of anilines is 2. The fourth-order valence-corrected chi connectivity index (χ4v) is 1.80. The van der Waals surface area contributed by atoms with Crippen molar-refractivity contribution in [1.29, 1.82) is 0 Å². The Bertz CT molecular complexity index is 579. The predicted octanol–water partition coefficient (Wildman–Crippen LogP) is 1.62. The maximum atomic E-state index is 11.4. The molecule has 0 spiro atoms. The molecule has 6 N–H and O–H groups in total. The number of primary amides is 1. The molecule has 0 radical (unpaired) electrons. The van der Waals surface area contributed by atoms with Crippen LogP contribution in [0, 0.1) is 0 Å². The number of rotatable bonds is 2. The van der Waals surface area contributed by atoms with Crippen LogP contribution in [-0.2, 0) is 0 Å². The van der Waals surface area contributed by atoms with Crippen LogP contribution in [0.25, 0.3) is 11.1 Å². The Labute approximate surface area is 99.0 Å². The minimum Gasteiger partial charge on any atom is -0.398 e. The zero-order chi connectivity index (χ0) is 12.4. The van der Waals surface area contributed by atoms with E-state index in [-0.39, 0.29) is 0 Å². The molecular weight excluding hydrogens is 214 g/mol. The van der Waals surface area contributed by atoms with Crippen LogP contribution in [0.5, 0.6) is 0 Å². The molecule has 0 aliphatic carbocycles. The van der Waals surface area contributed by atoms with Gasteiger partial charge >= 0.3 is 0 Å². The van der Waals surface area contributed by atoms with Gasteiger partial charge in [0.05, 0.1) is 0 Å². The summed E-state index contributed by atoms with van der Waals surface area (Å²) in [6, 6.07) is 12.3. The van der Waals surface area contributed by atoms with E-state index >= 15 is 0 Å². The minimum absolute atomic E-state index is 0.378. The van der Waals surface area contributed by atoms with Crippen molar-refractivity contribution in [3.8, 4) is 11.1 Å². The van der Waals surface area contributed by atoms with E-state index in [1.54, 1.807) is 24.3 Å². The van der Waals surface area contributed by atoms with Crippen LogP contribution in [-0.4, -0.2) is 5.91 Å². The number of nitrogens with two attached hydrogens (primary N) is 3. The summed E-state index contributed by atoms with van der Waals surface area (Å²) in [6.07, 6.45) is 0. The third-order valence-electron chi connectivity index (χ3n) is 2.59. The second kappa shape index (κ2) is 4.17. The van der Waals surface area contributed by atoms with Gasteiger partial charge in [-0.05, 0) is 18.2 Å². The lowest BCUT2D eigenvalue weighted by Crippen LogP contribution is -2.13. The van der Waals surface area contributed by atoms with Crippen molar-refractivity contribution in [3.63, 3.8) is 0 Å². The van der Waals surface area contributed by atoms with Gasteiger partial charge in [-0.2, -0.15) is 0 Å². The maximum Gasteiger partial charge on any atom is 0.249 e. The summed E-state index contributed by atoms with van der Waals surface area (Å²) in [5, 5.41) is 0. The fourth-order valence-electron chi connectivity index (χ4n) is 1.80. The molecule has 0 aliphatic rings. The highest BCUT2D eigenvalue weighted by atomic mass is 16.1. The molecule has 0 saturated heterocycles. The fraction of sp³-hybridized carbons (Fsp3) is 0. The van der Waals surface area contributed by atoms with Gasteiger partial charge in [0.1, 0.15) is 0 Å². The van der Waals surface area contributed by atoms with E-state index in [1.165, 1.54) is 0 Å². The number of hydrogen-bond acceptors (Lipinski definition) is 3. The first-order chi connectivity index (χ1) is 8.11. The van der Waals surface area contributed by atoms with Crippen LogP contribution in [0.2, 0.25) is 0 Å². The molecule has 0 saturated carbocycles. The molecular formula is C13H13N3O. The number of amides is 1. The van der Waals surface area contributed by atoms with Crippen molar-refractivity contribution in [2.24, 2.45) is 5.73 Å². The van der Waals surface area contributed by atoms with Gasteiger partial charge in [-0.15, -0.1) is 0 Å². The number of carbonyl (C=O) groups excluding carboxylic acids is 1. The van der Waals surface area contributed by atoms with E-state index in [0.717, 1.165) is 5.56 Å². The number of carbonyl (C=O) groups is 1. The van der Waals surface area contributed by atoms with Gasteiger partial charge in [-0.1, -0.05) is 24.3 Å². The molecule has 86 valence electrons. The molecule has 0 aliphatic heterocycles. The van der Waals surface area contributed by atoms with Crippen LogP contribution < -0.4 is 17.2 Å². The van der Waals surface area contributed by atoms with Gasteiger partial charge in [-0.3, -0.25) is 4.79 Å². The quantitative estimate of drug-likeness (QED) is 0.680. The Morgan fingerprint density at radius 1 is 0.882 bits per heavy atom. The van der Waals surface area contributed by atoms with E-state index in [0.29, 0.717) is 22.5 Å². The van der Waals surface area contributed by atoms with Crippen molar-refractivity contribution in [2.75, 3.05) is 11.5 Å². The molecule has 0 heterocycles. The molecule has 0 unspecified atom stereocenters. The largest absolute Gasteiger partial charge is 0.398 e. The summed E-state index contributed by atoms with van der Waals surface area (Å²) >= 11 is 0. The highest BCUT2D eigenvalue weighted by Crippen LogP contribution is 2.33. The zero-order valence-corrected chi connectivity index (χ0v) is 9.18. The standard InChI is InChI=1S/C13H13N3O/c14-10-6-2-1-4-8(10)12-9(13(16)17)5-3-7-11(12)15/h1-7H,14-15H2,(H2,16,17). The predicted molar refractivity (Wildman–Crippen MR) is 69.2 cm³/mol. The Morgan fingerprint density at radius 3 is 2.18 bits per heavy atom. The van der Waals surface area contributed by atoms with Crippen molar-refractivity contribution >= 4 is 17.3 Å².